The number of carbonyl (C=O) groups excluding carboxylic acids is 1. The van der Waals surface area contributed by atoms with E-state index in [1.807, 2.05) is 48.7 Å². The maximum Gasteiger partial charge on any atom is 0.185 e. The van der Waals surface area contributed by atoms with Gasteiger partial charge < -0.3 is 4.74 Å². The first-order valence-electron chi connectivity index (χ1n) is 6.88. The smallest absolute Gasteiger partial charge is 0.185 e. The summed E-state index contributed by atoms with van der Waals surface area (Å²) in [6, 6.07) is 13.7. The maximum atomic E-state index is 12.1. The van der Waals surface area contributed by atoms with E-state index in [1.54, 1.807) is 17.8 Å². The van der Waals surface area contributed by atoms with Gasteiger partial charge in [0.05, 0.1) is 6.61 Å². The topological polar surface area (TPSA) is 26.3 Å². The summed E-state index contributed by atoms with van der Waals surface area (Å²) < 4.78 is 5.48. The van der Waals surface area contributed by atoms with Crippen LogP contribution in [0.4, 0.5) is 0 Å². The van der Waals surface area contributed by atoms with Crippen molar-refractivity contribution in [2.24, 2.45) is 0 Å². The van der Waals surface area contributed by atoms with Crippen molar-refractivity contribution in [2.75, 3.05) is 12.9 Å². The van der Waals surface area contributed by atoms with Crippen LogP contribution in [-0.2, 0) is 6.42 Å². The zero-order valence-electron chi connectivity index (χ0n) is 11.8. The van der Waals surface area contributed by atoms with Crippen molar-refractivity contribution in [2.45, 2.75) is 11.3 Å². The SMILES string of the molecule is CSc1ccc(C(=O)/C=C/c2ccc3c(c2)CCO3)cc1. The second kappa shape index (κ2) is 6.19. The van der Waals surface area contributed by atoms with Gasteiger partial charge in [0.2, 0.25) is 0 Å². The Labute approximate surface area is 128 Å². The molecule has 3 heteroatoms. The predicted molar refractivity (Wildman–Crippen MR) is 87.2 cm³/mol. The van der Waals surface area contributed by atoms with Crippen LogP contribution >= 0.6 is 11.8 Å². The molecule has 0 radical (unpaired) electrons. The highest BCUT2D eigenvalue weighted by molar-refractivity contribution is 7.98. The zero-order chi connectivity index (χ0) is 14.7. The molecule has 0 aromatic heterocycles. The van der Waals surface area contributed by atoms with Crippen LogP contribution < -0.4 is 4.74 Å². The van der Waals surface area contributed by atoms with Gasteiger partial charge in [-0.3, -0.25) is 4.79 Å². The van der Waals surface area contributed by atoms with E-state index in [0.717, 1.165) is 29.2 Å². The molecule has 21 heavy (non-hydrogen) atoms. The number of benzene rings is 2. The number of fused-ring (bicyclic) bond motifs is 1. The summed E-state index contributed by atoms with van der Waals surface area (Å²) in [5.74, 6) is 0.991. The third-order valence-electron chi connectivity index (χ3n) is 3.52. The van der Waals surface area contributed by atoms with Gasteiger partial charge in [0, 0.05) is 16.9 Å². The van der Waals surface area contributed by atoms with Crippen LogP contribution in [-0.4, -0.2) is 18.6 Å². The summed E-state index contributed by atoms with van der Waals surface area (Å²) in [5, 5.41) is 0. The van der Waals surface area contributed by atoms with Crippen LogP contribution in [0.3, 0.4) is 0 Å². The Hall–Kier alpha value is -2.00. The van der Waals surface area contributed by atoms with E-state index >= 15 is 0 Å². The maximum absolute atomic E-state index is 12.1. The molecule has 0 aliphatic carbocycles. The van der Waals surface area contributed by atoms with Gasteiger partial charge in [-0.2, -0.15) is 0 Å². The highest BCUT2D eigenvalue weighted by Gasteiger charge is 2.11. The van der Waals surface area contributed by atoms with Gasteiger partial charge in [-0.15, -0.1) is 11.8 Å². The van der Waals surface area contributed by atoms with E-state index in [2.05, 4.69) is 6.07 Å². The van der Waals surface area contributed by atoms with Crippen LogP contribution in [0.1, 0.15) is 21.5 Å². The Kier molecular flexibility index (Phi) is 4.11. The molecule has 0 saturated heterocycles. The summed E-state index contributed by atoms with van der Waals surface area (Å²) in [6.45, 7) is 0.753. The molecule has 2 aromatic carbocycles. The summed E-state index contributed by atoms with van der Waals surface area (Å²) in [4.78, 5) is 13.3. The van der Waals surface area contributed by atoms with Crippen molar-refractivity contribution in [3.63, 3.8) is 0 Å². The minimum atomic E-state index is 0.0272. The van der Waals surface area contributed by atoms with E-state index in [9.17, 15) is 4.79 Å². The van der Waals surface area contributed by atoms with E-state index in [1.165, 1.54) is 5.56 Å². The van der Waals surface area contributed by atoms with Crippen molar-refractivity contribution >= 4 is 23.6 Å². The summed E-state index contributed by atoms with van der Waals surface area (Å²) in [6.07, 6.45) is 6.46. The fraction of sp³-hybridized carbons (Fsp3) is 0.167. The summed E-state index contributed by atoms with van der Waals surface area (Å²) >= 11 is 1.67. The van der Waals surface area contributed by atoms with Gasteiger partial charge in [0.1, 0.15) is 5.75 Å². The highest BCUT2D eigenvalue weighted by Crippen LogP contribution is 2.26. The van der Waals surface area contributed by atoms with E-state index in [-0.39, 0.29) is 5.78 Å². The van der Waals surface area contributed by atoms with Crippen LogP contribution in [0.2, 0.25) is 0 Å². The molecular formula is C18H16O2S. The Bertz CT molecular complexity index is 687. The number of allylic oxidation sites excluding steroid dienone is 1. The van der Waals surface area contributed by atoms with Gasteiger partial charge in [-0.1, -0.05) is 12.1 Å². The van der Waals surface area contributed by atoms with Gasteiger partial charge in [-0.25, -0.2) is 0 Å². The van der Waals surface area contributed by atoms with E-state index < -0.39 is 0 Å². The zero-order valence-corrected chi connectivity index (χ0v) is 12.7. The molecule has 0 unspecified atom stereocenters. The summed E-state index contributed by atoms with van der Waals surface area (Å²) in [5.41, 5.74) is 2.97. The highest BCUT2D eigenvalue weighted by atomic mass is 32.2. The molecule has 0 atom stereocenters. The molecule has 0 spiro atoms. The molecule has 0 fully saturated rings. The Morgan fingerprint density at radius 1 is 1.19 bits per heavy atom. The Morgan fingerprint density at radius 3 is 2.76 bits per heavy atom. The standard InChI is InChI=1S/C18H16O2S/c1-21-16-6-4-14(5-7-16)17(19)8-2-13-3-9-18-15(12-13)10-11-20-18/h2-9,12H,10-11H2,1H3/b8-2+. The first-order valence-corrected chi connectivity index (χ1v) is 8.11. The minimum absolute atomic E-state index is 0.0272. The van der Waals surface area contributed by atoms with Crippen molar-refractivity contribution in [3.8, 4) is 5.75 Å². The van der Waals surface area contributed by atoms with Crippen molar-refractivity contribution < 1.29 is 9.53 Å². The number of ether oxygens (including phenoxy) is 1. The minimum Gasteiger partial charge on any atom is -0.493 e. The molecule has 3 rings (SSSR count). The molecule has 1 aliphatic rings. The quantitative estimate of drug-likeness (QED) is 0.479. The van der Waals surface area contributed by atoms with Crippen LogP contribution in [0.25, 0.3) is 6.08 Å². The van der Waals surface area contributed by atoms with E-state index in [4.69, 9.17) is 4.74 Å². The lowest BCUT2D eigenvalue weighted by atomic mass is 10.1. The third-order valence-corrected chi connectivity index (χ3v) is 4.26. The normalized spacial score (nSPS) is 13.2. The molecule has 1 aliphatic heterocycles. The number of hydrogen-bond acceptors (Lipinski definition) is 3. The average Bonchev–Trinajstić information content (AvgIpc) is 3.00. The number of thioether (sulfide) groups is 1. The summed E-state index contributed by atoms with van der Waals surface area (Å²) in [7, 11) is 0. The first-order chi connectivity index (χ1) is 10.3. The first kappa shape index (κ1) is 14.0. The number of hydrogen-bond donors (Lipinski definition) is 0. The van der Waals surface area contributed by atoms with Crippen molar-refractivity contribution in [1.29, 1.82) is 0 Å². The van der Waals surface area contributed by atoms with Crippen LogP contribution in [0, 0.1) is 0 Å². The second-order valence-corrected chi connectivity index (χ2v) is 5.77. The number of carbonyl (C=O) groups is 1. The van der Waals surface area contributed by atoms with Gasteiger partial charge in [0.25, 0.3) is 0 Å². The van der Waals surface area contributed by atoms with Crippen LogP contribution in [0.15, 0.2) is 53.4 Å². The Balaban J connectivity index is 1.74. The van der Waals surface area contributed by atoms with Gasteiger partial charge in [0.15, 0.2) is 5.78 Å². The third kappa shape index (κ3) is 3.19. The lowest BCUT2D eigenvalue weighted by Gasteiger charge is -2.00. The number of rotatable bonds is 4. The molecule has 2 nitrogen and oxygen atoms in total. The van der Waals surface area contributed by atoms with Crippen molar-refractivity contribution in [1.82, 2.24) is 0 Å². The van der Waals surface area contributed by atoms with Gasteiger partial charge >= 0.3 is 0 Å². The predicted octanol–water partition coefficient (Wildman–Crippen LogP) is 4.24. The molecule has 0 saturated carbocycles. The fourth-order valence-electron chi connectivity index (χ4n) is 2.33. The number of ketones is 1. The van der Waals surface area contributed by atoms with E-state index in [0.29, 0.717) is 5.56 Å². The molecule has 0 bridgehead atoms. The molecular weight excluding hydrogens is 280 g/mol. The largest absolute Gasteiger partial charge is 0.493 e. The van der Waals surface area contributed by atoms with Crippen molar-refractivity contribution in [3.05, 3.63) is 65.2 Å². The van der Waals surface area contributed by atoms with Gasteiger partial charge in [-0.05, 0) is 59.9 Å². The lowest BCUT2D eigenvalue weighted by molar-refractivity contribution is 0.104. The lowest BCUT2D eigenvalue weighted by Crippen LogP contribution is -1.93. The molecule has 1 heterocycles. The molecule has 2 aromatic rings. The fourth-order valence-corrected chi connectivity index (χ4v) is 2.74. The Morgan fingerprint density at radius 2 is 2.00 bits per heavy atom. The van der Waals surface area contributed by atoms with Crippen LogP contribution in [0.5, 0.6) is 5.75 Å². The molecule has 106 valence electrons. The monoisotopic (exact) mass is 296 g/mol. The molecule has 0 N–H and O–H groups in total. The molecule has 0 amide bonds. The second-order valence-electron chi connectivity index (χ2n) is 4.89. The average molecular weight is 296 g/mol.